The van der Waals surface area contributed by atoms with Crippen molar-refractivity contribution in [1.29, 1.82) is 0 Å². The number of thioether (sulfide) groups is 1. The van der Waals surface area contributed by atoms with Crippen LogP contribution in [-0.2, 0) is 4.79 Å². The summed E-state index contributed by atoms with van der Waals surface area (Å²) >= 11 is 4.99. The minimum atomic E-state index is -0.0499. The molecule has 22 heavy (non-hydrogen) atoms. The molecule has 2 rings (SSSR count). The topological polar surface area (TPSA) is 38.3 Å². The largest absolute Gasteiger partial charge is 0.496 e. The Morgan fingerprint density at radius 3 is 2.64 bits per heavy atom. The number of methoxy groups -OCH3 is 1. The number of hydrogen-bond acceptors (Lipinski definition) is 3. The Morgan fingerprint density at radius 2 is 2.00 bits per heavy atom. The highest BCUT2D eigenvalue weighted by atomic mass is 79.9. The lowest BCUT2D eigenvalue weighted by Gasteiger charge is -2.15. The molecule has 1 atom stereocenters. The van der Waals surface area contributed by atoms with Crippen LogP contribution in [0.25, 0.3) is 0 Å². The van der Waals surface area contributed by atoms with Crippen LogP contribution in [0.2, 0.25) is 0 Å². The standard InChI is InChI=1S/C17H18BrNO2S/c1-12(13-8-9-16(21-2)15(18)10-13)19-17(20)11-22-14-6-4-3-5-7-14/h3-10,12H,11H2,1-2H3,(H,19,20)/t12-/m1/s1. The van der Waals surface area contributed by atoms with E-state index in [0.717, 1.165) is 20.7 Å². The van der Waals surface area contributed by atoms with Crippen molar-refractivity contribution >= 4 is 33.6 Å². The summed E-state index contributed by atoms with van der Waals surface area (Å²) < 4.78 is 6.09. The van der Waals surface area contributed by atoms with Gasteiger partial charge in [-0.25, -0.2) is 0 Å². The summed E-state index contributed by atoms with van der Waals surface area (Å²) in [5.74, 6) is 1.21. The van der Waals surface area contributed by atoms with Crippen LogP contribution in [0.5, 0.6) is 5.75 Å². The van der Waals surface area contributed by atoms with Crippen molar-refractivity contribution in [3.8, 4) is 5.75 Å². The molecular weight excluding hydrogens is 362 g/mol. The van der Waals surface area contributed by atoms with E-state index in [9.17, 15) is 4.79 Å². The number of amides is 1. The van der Waals surface area contributed by atoms with Gasteiger partial charge in [0.2, 0.25) is 5.91 Å². The molecule has 0 aliphatic heterocycles. The van der Waals surface area contributed by atoms with Crippen LogP contribution in [-0.4, -0.2) is 18.8 Å². The molecule has 0 saturated carbocycles. The first-order valence-corrected chi connectivity index (χ1v) is 8.68. The zero-order valence-corrected chi connectivity index (χ0v) is 14.9. The molecule has 116 valence electrons. The summed E-state index contributed by atoms with van der Waals surface area (Å²) in [6.45, 7) is 1.97. The first-order valence-electron chi connectivity index (χ1n) is 6.91. The fraction of sp³-hybridized carbons (Fsp3) is 0.235. The maximum atomic E-state index is 12.0. The molecule has 0 aliphatic carbocycles. The zero-order chi connectivity index (χ0) is 15.9. The van der Waals surface area contributed by atoms with E-state index >= 15 is 0 Å². The number of ether oxygens (including phenoxy) is 1. The van der Waals surface area contributed by atoms with Gasteiger partial charge in [-0.1, -0.05) is 24.3 Å². The SMILES string of the molecule is COc1ccc([C@@H](C)NC(=O)CSc2ccccc2)cc1Br. The molecule has 0 unspecified atom stereocenters. The smallest absolute Gasteiger partial charge is 0.230 e. The second-order valence-electron chi connectivity index (χ2n) is 4.78. The molecule has 5 heteroatoms. The van der Waals surface area contributed by atoms with Crippen LogP contribution >= 0.6 is 27.7 Å². The van der Waals surface area contributed by atoms with Crippen molar-refractivity contribution < 1.29 is 9.53 Å². The first kappa shape index (κ1) is 16.9. The van der Waals surface area contributed by atoms with E-state index in [1.165, 1.54) is 11.8 Å². The number of carbonyl (C=O) groups excluding carboxylic acids is 1. The number of hydrogen-bond donors (Lipinski definition) is 1. The summed E-state index contributed by atoms with van der Waals surface area (Å²) in [6, 6.07) is 15.7. The van der Waals surface area contributed by atoms with Crippen molar-refractivity contribution in [2.24, 2.45) is 0 Å². The minimum Gasteiger partial charge on any atom is -0.496 e. The highest BCUT2D eigenvalue weighted by Crippen LogP contribution is 2.28. The molecule has 0 bridgehead atoms. The number of halogens is 1. The summed E-state index contributed by atoms with van der Waals surface area (Å²) in [6.07, 6.45) is 0. The van der Waals surface area contributed by atoms with Gasteiger partial charge in [0.15, 0.2) is 0 Å². The highest BCUT2D eigenvalue weighted by Gasteiger charge is 2.11. The Labute approximate surface area is 143 Å². The quantitative estimate of drug-likeness (QED) is 0.754. The second-order valence-corrected chi connectivity index (χ2v) is 6.69. The maximum absolute atomic E-state index is 12.0. The fourth-order valence-electron chi connectivity index (χ4n) is 1.98. The predicted molar refractivity (Wildman–Crippen MR) is 94.4 cm³/mol. The van der Waals surface area contributed by atoms with Gasteiger partial charge in [0.25, 0.3) is 0 Å². The van der Waals surface area contributed by atoms with Gasteiger partial charge in [-0.05, 0) is 52.7 Å². The Bertz CT molecular complexity index is 634. The summed E-state index contributed by atoms with van der Waals surface area (Å²) in [4.78, 5) is 13.1. The van der Waals surface area contributed by atoms with Crippen molar-refractivity contribution in [2.75, 3.05) is 12.9 Å². The van der Waals surface area contributed by atoms with E-state index in [1.54, 1.807) is 7.11 Å². The maximum Gasteiger partial charge on any atom is 0.230 e. The molecule has 0 saturated heterocycles. The molecule has 0 heterocycles. The molecule has 0 fully saturated rings. The molecule has 0 spiro atoms. The van der Waals surface area contributed by atoms with Gasteiger partial charge in [-0.15, -0.1) is 11.8 Å². The third-order valence-corrected chi connectivity index (χ3v) is 4.80. The molecule has 0 radical (unpaired) electrons. The van der Waals surface area contributed by atoms with E-state index in [-0.39, 0.29) is 11.9 Å². The van der Waals surface area contributed by atoms with Gasteiger partial charge in [0.05, 0.1) is 23.4 Å². The van der Waals surface area contributed by atoms with E-state index in [4.69, 9.17) is 4.74 Å². The average Bonchev–Trinajstić information content (AvgIpc) is 2.53. The Kier molecular flexibility index (Phi) is 6.34. The van der Waals surface area contributed by atoms with Gasteiger partial charge in [0.1, 0.15) is 5.75 Å². The molecule has 2 aromatic rings. The zero-order valence-electron chi connectivity index (χ0n) is 12.5. The highest BCUT2D eigenvalue weighted by molar-refractivity contribution is 9.10. The van der Waals surface area contributed by atoms with Gasteiger partial charge >= 0.3 is 0 Å². The molecule has 1 amide bonds. The molecular formula is C17H18BrNO2S. The lowest BCUT2D eigenvalue weighted by atomic mass is 10.1. The molecule has 1 N–H and O–H groups in total. The predicted octanol–water partition coefficient (Wildman–Crippen LogP) is 4.43. The number of carbonyl (C=O) groups is 1. The Balaban J connectivity index is 1.89. The molecule has 0 aromatic heterocycles. The second kappa shape index (κ2) is 8.25. The Morgan fingerprint density at radius 1 is 1.27 bits per heavy atom. The lowest BCUT2D eigenvalue weighted by Crippen LogP contribution is -2.28. The monoisotopic (exact) mass is 379 g/mol. The van der Waals surface area contributed by atoms with Crippen LogP contribution in [0.4, 0.5) is 0 Å². The van der Waals surface area contributed by atoms with Crippen molar-refractivity contribution in [3.05, 3.63) is 58.6 Å². The van der Waals surface area contributed by atoms with Crippen molar-refractivity contribution in [1.82, 2.24) is 5.32 Å². The van der Waals surface area contributed by atoms with E-state index < -0.39 is 0 Å². The third-order valence-electron chi connectivity index (χ3n) is 3.17. The van der Waals surface area contributed by atoms with Crippen LogP contribution in [0, 0.1) is 0 Å². The van der Waals surface area contributed by atoms with Gasteiger partial charge in [0, 0.05) is 4.90 Å². The van der Waals surface area contributed by atoms with Crippen LogP contribution in [0.15, 0.2) is 57.9 Å². The van der Waals surface area contributed by atoms with Crippen LogP contribution in [0.3, 0.4) is 0 Å². The average molecular weight is 380 g/mol. The number of benzene rings is 2. The van der Waals surface area contributed by atoms with E-state index in [0.29, 0.717) is 5.75 Å². The number of rotatable bonds is 6. The fourth-order valence-corrected chi connectivity index (χ4v) is 3.27. The van der Waals surface area contributed by atoms with Gasteiger partial charge < -0.3 is 10.1 Å². The number of nitrogens with one attached hydrogen (secondary N) is 1. The lowest BCUT2D eigenvalue weighted by molar-refractivity contribution is -0.119. The van der Waals surface area contributed by atoms with Gasteiger partial charge in [-0.3, -0.25) is 4.79 Å². The van der Waals surface area contributed by atoms with Crippen molar-refractivity contribution in [3.63, 3.8) is 0 Å². The summed E-state index contributed by atoms with van der Waals surface area (Å²) in [7, 11) is 1.63. The van der Waals surface area contributed by atoms with Crippen LogP contribution < -0.4 is 10.1 Å². The molecule has 3 nitrogen and oxygen atoms in total. The minimum absolute atomic E-state index is 0.0216. The first-order chi connectivity index (χ1) is 10.6. The van der Waals surface area contributed by atoms with Crippen molar-refractivity contribution in [2.45, 2.75) is 17.9 Å². The van der Waals surface area contributed by atoms with Gasteiger partial charge in [-0.2, -0.15) is 0 Å². The Hall–Kier alpha value is -1.46. The normalized spacial score (nSPS) is 11.8. The van der Waals surface area contributed by atoms with Crippen LogP contribution in [0.1, 0.15) is 18.5 Å². The molecule has 0 aliphatic rings. The van der Waals surface area contributed by atoms with E-state index in [1.807, 2.05) is 55.5 Å². The summed E-state index contributed by atoms with van der Waals surface area (Å²) in [5.41, 5.74) is 1.03. The van der Waals surface area contributed by atoms with E-state index in [2.05, 4.69) is 21.2 Å². The third kappa shape index (κ3) is 4.78. The molecule has 2 aromatic carbocycles. The summed E-state index contributed by atoms with van der Waals surface area (Å²) in [5, 5.41) is 3.01.